The second kappa shape index (κ2) is 14.0. The van der Waals surface area contributed by atoms with Crippen molar-refractivity contribution in [3.05, 3.63) is 94.5 Å². The van der Waals surface area contributed by atoms with E-state index in [1.165, 1.54) is 43.2 Å². The zero-order valence-corrected chi connectivity index (χ0v) is 21.1. The average Bonchev–Trinajstić information content (AvgIpc) is 2.89. The number of carbonyl (C=O) groups is 1. The lowest BCUT2D eigenvalue weighted by atomic mass is 10.1. The first-order valence-electron chi connectivity index (χ1n) is 12.9. The number of anilines is 1. The van der Waals surface area contributed by atoms with Gasteiger partial charge in [-0.15, -0.1) is 0 Å². The van der Waals surface area contributed by atoms with Crippen LogP contribution in [0.5, 0.6) is 5.75 Å². The summed E-state index contributed by atoms with van der Waals surface area (Å²) in [4.78, 5) is 13.4. The van der Waals surface area contributed by atoms with Gasteiger partial charge >= 0.3 is 0 Å². The van der Waals surface area contributed by atoms with Gasteiger partial charge in [0.2, 0.25) is 0 Å². The van der Waals surface area contributed by atoms with Crippen LogP contribution in [0.3, 0.4) is 0 Å². The molecule has 3 aromatic carbocycles. The monoisotopic (exact) mass is 467 g/mol. The molecule has 0 aliphatic carbocycles. The van der Waals surface area contributed by atoms with Crippen LogP contribution >= 0.6 is 0 Å². The van der Waals surface area contributed by atoms with E-state index in [0.29, 0.717) is 11.8 Å². The summed E-state index contributed by atoms with van der Waals surface area (Å²) in [7, 11) is 0. The van der Waals surface area contributed by atoms with Gasteiger partial charge in [0, 0.05) is 36.0 Å². The van der Waals surface area contributed by atoms with Crippen molar-refractivity contribution < 1.29 is 9.90 Å². The summed E-state index contributed by atoms with van der Waals surface area (Å²) in [6.07, 6.45) is 8.93. The van der Waals surface area contributed by atoms with Crippen LogP contribution in [0.1, 0.15) is 85.0 Å². The Labute approximate surface area is 210 Å². The second-order valence-electron chi connectivity index (χ2n) is 9.09. The smallest absolute Gasteiger partial charge is 0.153 e. The molecule has 3 rings (SSSR count). The molecule has 0 amide bonds. The number of unbranched alkanes of at least 4 members (excludes halogenated alkanes) is 4. The lowest BCUT2D eigenvalue weighted by Gasteiger charge is -2.25. The molecule has 0 radical (unpaired) electrons. The van der Waals surface area contributed by atoms with Gasteiger partial charge in [-0.05, 0) is 66.8 Å². The van der Waals surface area contributed by atoms with E-state index in [2.05, 4.69) is 79.1 Å². The molecule has 0 saturated heterocycles. The molecule has 0 bridgehead atoms. The highest BCUT2D eigenvalue weighted by atomic mass is 16.3. The van der Waals surface area contributed by atoms with E-state index in [1.54, 1.807) is 12.1 Å². The summed E-state index contributed by atoms with van der Waals surface area (Å²) in [6, 6.07) is 22.2. The maximum absolute atomic E-state index is 11.1. The van der Waals surface area contributed by atoms with Crippen molar-refractivity contribution in [3.8, 4) is 17.6 Å². The predicted molar refractivity (Wildman–Crippen MR) is 146 cm³/mol. The molecule has 0 fully saturated rings. The first-order chi connectivity index (χ1) is 17.1. The molecule has 182 valence electrons. The first-order valence-corrected chi connectivity index (χ1v) is 12.9. The molecule has 3 heteroatoms. The van der Waals surface area contributed by atoms with E-state index < -0.39 is 0 Å². The Hall–Kier alpha value is -3.51. The van der Waals surface area contributed by atoms with Crippen molar-refractivity contribution in [2.75, 3.05) is 11.4 Å². The molecule has 0 aliphatic rings. The quantitative estimate of drug-likeness (QED) is 0.170. The van der Waals surface area contributed by atoms with Gasteiger partial charge in [-0.2, -0.15) is 0 Å². The highest BCUT2D eigenvalue weighted by molar-refractivity contribution is 5.80. The van der Waals surface area contributed by atoms with Gasteiger partial charge in [0.05, 0.1) is 5.56 Å². The van der Waals surface area contributed by atoms with Crippen LogP contribution in [0.25, 0.3) is 0 Å². The van der Waals surface area contributed by atoms with Gasteiger partial charge in [0.15, 0.2) is 6.29 Å². The summed E-state index contributed by atoms with van der Waals surface area (Å²) >= 11 is 0. The normalized spacial score (nSPS) is 10.5. The molecular formula is C32H37NO2. The third kappa shape index (κ3) is 8.34. The van der Waals surface area contributed by atoms with Crippen molar-refractivity contribution in [2.45, 2.75) is 65.3 Å². The highest BCUT2D eigenvalue weighted by Crippen LogP contribution is 2.25. The van der Waals surface area contributed by atoms with Crippen LogP contribution in [0, 0.1) is 11.8 Å². The largest absolute Gasteiger partial charge is 0.507 e. The molecular weight excluding hydrogens is 430 g/mol. The van der Waals surface area contributed by atoms with Crippen LogP contribution in [0.15, 0.2) is 66.7 Å². The highest BCUT2D eigenvalue weighted by Gasteiger charge is 2.10. The van der Waals surface area contributed by atoms with Gasteiger partial charge in [-0.1, -0.05) is 75.6 Å². The Balaban J connectivity index is 1.68. The van der Waals surface area contributed by atoms with Gasteiger partial charge in [-0.25, -0.2) is 0 Å². The fourth-order valence-corrected chi connectivity index (χ4v) is 4.05. The van der Waals surface area contributed by atoms with Crippen LogP contribution in [-0.2, 0) is 13.0 Å². The average molecular weight is 468 g/mol. The number of hydrogen-bond acceptors (Lipinski definition) is 3. The number of carbonyl (C=O) groups excluding carboxylic acids is 1. The maximum atomic E-state index is 11.1. The first kappa shape index (κ1) is 26.1. The van der Waals surface area contributed by atoms with Crippen molar-refractivity contribution >= 4 is 12.0 Å². The minimum atomic E-state index is 0.0278. The van der Waals surface area contributed by atoms with E-state index in [9.17, 15) is 9.90 Å². The van der Waals surface area contributed by atoms with Crippen LogP contribution < -0.4 is 4.90 Å². The molecule has 0 spiro atoms. The Kier molecular flexibility index (Phi) is 10.5. The Morgan fingerprint density at radius 3 is 1.97 bits per heavy atom. The summed E-state index contributed by atoms with van der Waals surface area (Å²) in [5.74, 6) is 6.57. The maximum Gasteiger partial charge on any atom is 0.153 e. The summed E-state index contributed by atoms with van der Waals surface area (Å²) in [5, 5.41) is 10.2. The Morgan fingerprint density at radius 1 is 0.771 bits per heavy atom. The SMILES string of the molecule is CCCCCCN(Cc1ccc(C#Cc2ccc(CCCC)cc2)cc1)c1ccc(C=O)c(O)c1. The number of rotatable bonds is 12. The topological polar surface area (TPSA) is 40.5 Å². The number of benzene rings is 3. The minimum Gasteiger partial charge on any atom is -0.507 e. The summed E-state index contributed by atoms with van der Waals surface area (Å²) < 4.78 is 0. The summed E-state index contributed by atoms with van der Waals surface area (Å²) in [5.41, 5.74) is 5.83. The fraction of sp³-hybridized carbons (Fsp3) is 0.344. The third-order valence-corrected chi connectivity index (χ3v) is 6.24. The molecule has 0 aliphatic heterocycles. The Bertz CT molecular complexity index is 1120. The molecule has 35 heavy (non-hydrogen) atoms. The molecule has 1 N–H and O–H groups in total. The number of nitrogens with zero attached hydrogens (tertiary/aromatic N) is 1. The Morgan fingerprint density at radius 2 is 1.40 bits per heavy atom. The van der Waals surface area contributed by atoms with Crippen molar-refractivity contribution in [3.63, 3.8) is 0 Å². The standard InChI is InChI=1S/C32H37NO2/c1-3-5-7-8-22-33(31-21-20-30(25-34)32(35)23-31)24-29-18-16-28(17-19-29)15-14-27-12-10-26(11-13-27)9-6-4-2/h10-13,16-21,23,25,35H,3-9,22,24H2,1-2H3. The van der Waals surface area contributed by atoms with E-state index in [1.807, 2.05) is 6.07 Å². The van der Waals surface area contributed by atoms with Crippen molar-refractivity contribution in [2.24, 2.45) is 0 Å². The molecule has 0 aromatic heterocycles. The van der Waals surface area contributed by atoms with Crippen LogP contribution in [0.2, 0.25) is 0 Å². The lowest BCUT2D eigenvalue weighted by Crippen LogP contribution is -2.24. The van der Waals surface area contributed by atoms with E-state index in [4.69, 9.17) is 0 Å². The van der Waals surface area contributed by atoms with Gasteiger partial charge in [0.1, 0.15) is 5.75 Å². The molecule has 0 unspecified atom stereocenters. The van der Waals surface area contributed by atoms with E-state index >= 15 is 0 Å². The van der Waals surface area contributed by atoms with E-state index in [0.717, 1.165) is 42.7 Å². The van der Waals surface area contributed by atoms with Gasteiger partial charge < -0.3 is 10.0 Å². The molecule has 0 saturated carbocycles. The predicted octanol–water partition coefficient (Wildman–Crippen LogP) is 7.53. The van der Waals surface area contributed by atoms with Crippen molar-refractivity contribution in [1.82, 2.24) is 0 Å². The lowest BCUT2D eigenvalue weighted by molar-refractivity contribution is 0.112. The van der Waals surface area contributed by atoms with Crippen molar-refractivity contribution in [1.29, 1.82) is 0 Å². The zero-order valence-electron chi connectivity index (χ0n) is 21.1. The zero-order chi connectivity index (χ0) is 24.9. The number of phenols is 1. The van der Waals surface area contributed by atoms with Crippen LogP contribution in [0.4, 0.5) is 5.69 Å². The molecule has 0 heterocycles. The number of aryl methyl sites for hydroxylation is 1. The molecule has 3 nitrogen and oxygen atoms in total. The third-order valence-electron chi connectivity index (χ3n) is 6.24. The van der Waals surface area contributed by atoms with Gasteiger partial charge in [0.25, 0.3) is 0 Å². The van der Waals surface area contributed by atoms with E-state index in [-0.39, 0.29) is 5.75 Å². The summed E-state index contributed by atoms with van der Waals surface area (Å²) in [6.45, 7) is 6.06. The number of aldehydes is 1. The number of phenolic OH excluding ortho intramolecular Hbond substituents is 1. The van der Waals surface area contributed by atoms with Crippen LogP contribution in [-0.4, -0.2) is 17.9 Å². The minimum absolute atomic E-state index is 0.0278. The number of aromatic hydroxyl groups is 1. The molecule has 0 atom stereocenters. The van der Waals surface area contributed by atoms with Gasteiger partial charge in [-0.3, -0.25) is 4.79 Å². The molecule has 3 aromatic rings. The second-order valence-corrected chi connectivity index (χ2v) is 9.09. The number of hydrogen-bond donors (Lipinski definition) is 1. The fourth-order valence-electron chi connectivity index (χ4n) is 4.05.